The van der Waals surface area contributed by atoms with E-state index >= 15 is 0 Å². The Hall–Kier alpha value is -2.71. The monoisotopic (exact) mass is 415 g/mol. The van der Waals surface area contributed by atoms with E-state index in [1.54, 1.807) is 24.5 Å². The van der Waals surface area contributed by atoms with E-state index < -0.39 is 15.8 Å². The van der Waals surface area contributed by atoms with Gasteiger partial charge in [0.05, 0.1) is 16.3 Å². The lowest BCUT2D eigenvalue weighted by Crippen LogP contribution is -2.39. The number of halogens is 2. The van der Waals surface area contributed by atoms with Gasteiger partial charge in [-0.25, -0.2) is 17.2 Å². The largest absolute Gasteiger partial charge is 0.257 e. The number of benzene rings is 2. The maximum Gasteiger partial charge on any atom is 0.243 e. The van der Waals surface area contributed by atoms with Gasteiger partial charge in [0.25, 0.3) is 0 Å². The third kappa shape index (κ3) is 4.04. The van der Waals surface area contributed by atoms with Gasteiger partial charge in [0.2, 0.25) is 10.0 Å². The summed E-state index contributed by atoms with van der Waals surface area (Å²) in [7, 11) is -3.73. The van der Waals surface area contributed by atoms with Crippen molar-refractivity contribution in [3.63, 3.8) is 0 Å². The minimum Gasteiger partial charge on any atom is -0.257 e. The average molecular weight is 415 g/mol. The van der Waals surface area contributed by atoms with Crippen LogP contribution in [0.3, 0.4) is 0 Å². The van der Waals surface area contributed by atoms with Crippen LogP contribution in [0, 0.1) is 11.6 Å². The predicted molar refractivity (Wildman–Crippen MR) is 105 cm³/mol. The molecule has 1 atom stereocenters. The van der Waals surface area contributed by atoms with Crippen molar-refractivity contribution in [1.29, 1.82) is 0 Å². The standard InChI is InChI=1S/C21H19F2N3O2S/c22-17-5-3-15(4-6-17)20-21(25-12-11-24-20)16-2-1-13-26(14-16)29(27,28)19-9-7-18(23)8-10-19/h3-12,16H,1-2,13-14H2/t16-/m0/s1. The second kappa shape index (κ2) is 7.96. The Balaban J connectivity index is 1.64. The lowest BCUT2D eigenvalue weighted by Gasteiger charge is -2.32. The molecule has 3 aromatic rings. The molecule has 0 bridgehead atoms. The number of aromatic nitrogens is 2. The maximum atomic E-state index is 13.3. The predicted octanol–water partition coefficient (Wildman–Crippen LogP) is 3.99. The summed E-state index contributed by atoms with van der Waals surface area (Å²) < 4.78 is 53.9. The van der Waals surface area contributed by atoms with Crippen molar-refractivity contribution in [1.82, 2.24) is 14.3 Å². The van der Waals surface area contributed by atoms with Gasteiger partial charge in [-0.1, -0.05) is 0 Å². The number of nitrogens with zero attached hydrogens (tertiary/aromatic N) is 3. The lowest BCUT2D eigenvalue weighted by molar-refractivity contribution is 0.312. The van der Waals surface area contributed by atoms with Crippen molar-refractivity contribution in [3.05, 3.63) is 78.3 Å². The topological polar surface area (TPSA) is 63.2 Å². The molecule has 5 nitrogen and oxygen atoms in total. The average Bonchev–Trinajstić information content (AvgIpc) is 2.75. The van der Waals surface area contributed by atoms with Gasteiger partial charge >= 0.3 is 0 Å². The van der Waals surface area contributed by atoms with Gasteiger partial charge in [0.15, 0.2) is 0 Å². The van der Waals surface area contributed by atoms with Crippen LogP contribution < -0.4 is 0 Å². The zero-order valence-electron chi connectivity index (χ0n) is 15.5. The quantitative estimate of drug-likeness (QED) is 0.646. The van der Waals surface area contributed by atoms with Gasteiger partial charge in [0, 0.05) is 37.0 Å². The Morgan fingerprint density at radius 2 is 1.52 bits per heavy atom. The van der Waals surface area contributed by atoms with Crippen LogP contribution in [0.1, 0.15) is 24.5 Å². The van der Waals surface area contributed by atoms with E-state index in [-0.39, 0.29) is 23.2 Å². The molecule has 1 fully saturated rings. The van der Waals surface area contributed by atoms with Crippen LogP contribution in [0.5, 0.6) is 0 Å². The van der Waals surface area contributed by atoms with E-state index in [1.165, 1.54) is 28.6 Å². The third-order valence-electron chi connectivity index (χ3n) is 5.07. The molecule has 150 valence electrons. The fourth-order valence-electron chi connectivity index (χ4n) is 3.62. The summed E-state index contributed by atoms with van der Waals surface area (Å²) >= 11 is 0. The summed E-state index contributed by atoms with van der Waals surface area (Å²) in [5.74, 6) is -0.967. The highest BCUT2D eigenvalue weighted by molar-refractivity contribution is 7.89. The van der Waals surface area contributed by atoms with E-state index in [0.29, 0.717) is 24.4 Å². The summed E-state index contributed by atoms with van der Waals surface area (Å²) in [6, 6.07) is 10.8. The number of piperidine rings is 1. The Kier molecular flexibility index (Phi) is 5.38. The zero-order chi connectivity index (χ0) is 20.4. The van der Waals surface area contributed by atoms with Crippen molar-refractivity contribution in [2.24, 2.45) is 0 Å². The number of rotatable bonds is 4. The molecule has 2 aromatic carbocycles. The first kappa shape index (κ1) is 19.6. The van der Waals surface area contributed by atoms with E-state index in [9.17, 15) is 17.2 Å². The van der Waals surface area contributed by atoms with Crippen molar-refractivity contribution in [3.8, 4) is 11.3 Å². The molecule has 8 heteroatoms. The first-order valence-corrected chi connectivity index (χ1v) is 10.7. The molecule has 0 unspecified atom stereocenters. The maximum absolute atomic E-state index is 13.3. The minimum atomic E-state index is -3.73. The van der Waals surface area contributed by atoms with E-state index in [1.807, 2.05) is 0 Å². The van der Waals surface area contributed by atoms with Crippen LogP contribution in [0.4, 0.5) is 8.78 Å². The molecule has 0 N–H and O–H groups in total. The van der Waals surface area contributed by atoms with Crippen LogP contribution in [-0.4, -0.2) is 35.8 Å². The van der Waals surface area contributed by atoms with Crippen LogP contribution in [-0.2, 0) is 10.0 Å². The molecule has 1 saturated heterocycles. The summed E-state index contributed by atoms with van der Waals surface area (Å²) in [6.07, 6.45) is 4.58. The molecule has 0 spiro atoms. The SMILES string of the molecule is O=S(=O)(c1ccc(F)cc1)N1CCC[C@H](c2nccnc2-c2ccc(F)cc2)C1. The minimum absolute atomic E-state index is 0.0671. The van der Waals surface area contributed by atoms with E-state index in [2.05, 4.69) is 9.97 Å². The van der Waals surface area contributed by atoms with Gasteiger partial charge in [-0.15, -0.1) is 0 Å². The Bertz CT molecular complexity index is 1100. The summed E-state index contributed by atoms with van der Waals surface area (Å²) in [5, 5.41) is 0. The van der Waals surface area contributed by atoms with Crippen LogP contribution >= 0.6 is 0 Å². The highest BCUT2D eigenvalue weighted by Crippen LogP contribution is 2.33. The first-order valence-electron chi connectivity index (χ1n) is 9.28. The molecule has 2 heterocycles. The highest BCUT2D eigenvalue weighted by atomic mass is 32.2. The lowest BCUT2D eigenvalue weighted by atomic mass is 9.92. The third-order valence-corrected chi connectivity index (χ3v) is 6.95. The van der Waals surface area contributed by atoms with E-state index in [0.717, 1.165) is 24.1 Å². The molecule has 0 amide bonds. The number of hydrogen-bond acceptors (Lipinski definition) is 4. The summed E-state index contributed by atoms with van der Waals surface area (Å²) in [6.45, 7) is 0.648. The molecule has 0 aliphatic carbocycles. The van der Waals surface area contributed by atoms with Gasteiger partial charge in [-0.05, 0) is 61.4 Å². The molecule has 1 aromatic heterocycles. The van der Waals surface area contributed by atoms with E-state index in [4.69, 9.17) is 0 Å². The fourth-order valence-corrected chi connectivity index (χ4v) is 5.14. The van der Waals surface area contributed by atoms with Crippen molar-refractivity contribution in [2.75, 3.05) is 13.1 Å². The van der Waals surface area contributed by atoms with Gasteiger partial charge in [-0.2, -0.15) is 4.31 Å². The van der Waals surface area contributed by atoms with Gasteiger partial charge in [-0.3, -0.25) is 9.97 Å². The molecule has 29 heavy (non-hydrogen) atoms. The molecule has 1 aliphatic rings. The summed E-state index contributed by atoms with van der Waals surface area (Å²) in [5.41, 5.74) is 2.05. The molecule has 1 aliphatic heterocycles. The highest BCUT2D eigenvalue weighted by Gasteiger charge is 2.32. The Morgan fingerprint density at radius 1 is 0.897 bits per heavy atom. The van der Waals surface area contributed by atoms with Crippen molar-refractivity contribution >= 4 is 10.0 Å². The second-order valence-electron chi connectivity index (χ2n) is 6.95. The molecule has 4 rings (SSSR count). The second-order valence-corrected chi connectivity index (χ2v) is 8.89. The van der Waals surface area contributed by atoms with Crippen LogP contribution in [0.25, 0.3) is 11.3 Å². The normalized spacial score (nSPS) is 17.9. The number of sulfonamides is 1. The molecule has 0 saturated carbocycles. The smallest absolute Gasteiger partial charge is 0.243 e. The first-order chi connectivity index (χ1) is 13.9. The summed E-state index contributed by atoms with van der Waals surface area (Å²) in [4.78, 5) is 8.96. The molecular formula is C21H19F2N3O2S. The molecular weight excluding hydrogens is 396 g/mol. The Labute approximate surface area is 168 Å². The van der Waals surface area contributed by atoms with Gasteiger partial charge in [0.1, 0.15) is 11.6 Å². The zero-order valence-corrected chi connectivity index (χ0v) is 16.3. The van der Waals surface area contributed by atoms with Crippen molar-refractivity contribution < 1.29 is 17.2 Å². The van der Waals surface area contributed by atoms with Crippen LogP contribution in [0.2, 0.25) is 0 Å². The number of hydrogen-bond donors (Lipinski definition) is 0. The molecule has 0 radical (unpaired) electrons. The fraction of sp³-hybridized carbons (Fsp3) is 0.238. The Morgan fingerprint density at radius 3 is 2.21 bits per heavy atom. The van der Waals surface area contributed by atoms with Crippen LogP contribution in [0.15, 0.2) is 65.8 Å². The van der Waals surface area contributed by atoms with Crippen molar-refractivity contribution in [2.45, 2.75) is 23.7 Å². The van der Waals surface area contributed by atoms with Gasteiger partial charge < -0.3 is 0 Å².